The van der Waals surface area contributed by atoms with Crippen molar-refractivity contribution < 1.29 is 9.59 Å². The summed E-state index contributed by atoms with van der Waals surface area (Å²) >= 11 is 0. The lowest BCUT2D eigenvalue weighted by atomic mass is 9.81. The number of hydrogen-bond donors (Lipinski definition) is 1. The highest BCUT2D eigenvalue weighted by atomic mass is 16.2. The molecule has 4 heteroatoms. The number of hydrogen-bond acceptors (Lipinski definition) is 2. The van der Waals surface area contributed by atoms with Crippen LogP contribution >= 0.6 is 0 Å². The maximum absolute atomic E-state index is 12.2. The molecule has 1 N–H and O–H groups in total. The van der Waals surface area contributed by atoms with E-state index in [4.69, 9.17) is 0 Å². The molecule has 2 fully saturated rings. The van der Waals surface area contributed by atoms with Crippen molar-refractivity contribution in [2.24, 2.45) is 17.8 Å². The molecule has 0 atom stereocenters. The Labute approximate surface area is 128 Å². The van der Waals surface area contributed by atoms with E-state index in [9.17, 15) is 9.59 Å². The molecule has 21 heavy (non-hydrogen) atoms. The summed E-state index contributed by atoms with van der Waals surface area (Å²) in [5, 5.41) is 3.16. The number of amides is 2. The molecule has 0 bridgehead atoms. The van der Waals surface area contributed by atoms with Crippen LogP contribution in [0.2, 0.25) is 0 Å². The molecule has 1 aliphatic heterocycles. The monoisotopic (exact) mass is 294 g/mol. The van der Waals surface area contributed by atoms with E-state index in [-0.39, 0.29) is 17.7 Å². The average molecular weight is 294 g/mol. The molecule has 0 aromatic rings. The third kappa shape index (κ3) is 4.72. The van der Waals surface area contributed by atoms with Crippen LogP contribution in [0.25, 0.3) is 0 Å². The van der Waals surface area contributed by atoms with Gasteiger partial charge in [0, 0.05) is 32.5 Å². The number of carbonyl (C=O) groups is 2. The number of carbonyl (C=O) groups excluding carboxylic acids is 2. The van der Waals surface area contributed by atoms with Crippen molar-refractivity contribution in [3.05, 3.63) is 0 Å². The largest absolute Gasteiger partial charge is 0.356 e. The summed E-state index contributed by atoms with van der Waals surface area (Å²) in [6.45, 7) is 6.19. The normalized spacial score (nSPS) is 27.4. The lowest BCUT2D eigenvalue weighted by Crippen LogP contribution is -2.43. The Balaban J connectivity index is 1.65. The van der Waals surface area contributed by atoms with Crippen LogP contribution in [0.15, 0.2) is 0 Å². The molecule has 0 unspecified atom stereocenters. The van der Waals surface area contributed by atoms with Crippen molar-refractivity contribution in [1.29, 1.82) is 0 Å². The molecule has 2 amide bonds. The standard InChI is InChI=1S/C17H30N2O2/c1-3-14-4-6-15(7-5-14)12-18-17(21)16-8-10-19(11-9-16)13(2)20/h14-16H,3-12H2,1-2H3,(H,18,21). The van der Waals surface area contributed by atoms with E-state index in [0.29, 0.717) is 5.92 Å². The fourth-order valence-electron chi connectivity index (χ4n) is 3.69. The van der Waals surface area contributed by atoms with Crippen LogP contribution in [0.4, 0.5) is 0 Å². The zero-order chi connectivity index (χ0) is 15.2. The molecule has 0 aromatic heterocycles. The smallest absolute Gasteiger partial charge is 0.223 e. The highest BCUT2D eigenvalue weighted by molar-refractivity contribution is 5.79. The summed E-state index contributed by atoms with van der Waals surface area (Å²) in [4.78, 5) is 25.4. The van der Waals surface area contributed by atoms with Crippen LogP contribution in [0.5, 0.6) is 0 Å². The van der Waals surface area contributed by atoms with E-state index in [1.165, 1.54) is 32.1 Å². The Kier molecular flexibility index (Phi) is 6.07. The van der Waals surface area contributed by atoms with Gasteiger partial charge in [-0.2, -0.15) is 0 Å². The van der Waals surface area contributed by atoms with Crippen molar-refractivity contribution in [2.75, 3.05) is 19.6 Å². The van der Waals surface area contributed by atoms with Crippen LogP contribution in [-0.4, -0.2) is 36.3 Å². The van der Waals surface area contributed by atoms with E-state index < -0.39 is 0 Å². The Hall–Kier alpha value is -1.06. The van der Waals surface area contributed by atoms with Crippen molar-refractivity contribution >= 4 is 11.8 Å². The first-order valence-corrected chi connectivity index (χ1v) is 8.63. The van der Waals surface area contributed by atoms with Gasteiger partial charge < -0.3 is 10.2 Å². The lowest BCUT2D eigenvalue weighted by molar-refractivity contribution is -0.134. The second kappa shape index (κ2) is 7.81. The molecule has 2 rings (SSSR count). The summed E-state index contributed by atoms with van der Waals surface area (Å²) in [7, 11) is 0. The molecule has 0 aromatic carbocycles. The van der Waals surface area contributed by atoms with Gasteiger partial charge in [0.2, 0.25) is 11.8 Å². The number of rotatable bonds is 4. The molecule has 4 nitrogen and oxygen atoms in total. The minimum absolute atomic E-state index is 0.104. The summed E-state index contributed by atoms with van der Waals surface area (Å²) in [5.74, 6) is 2.02. The lowest BCUT2D eigenvalue weighted by Gasteiger charge is -2.31. The first-order valence-electron chi connectivity index (χ1n) is 8.63. The Morgan fingerprint density at radius 1 is 1.00 bits per heavy atom. The van der Waals surface area contributed by atoms with Gasteiger partial charge in [-0.05, 0) is 37.5 Å². The summed E-state index contributed by atoms with van der Waals surface area (Å²) in [5.41, 5.74) is 0. The van der Waals surface area contributed by atoms with Gasteiger partial charge in [0.15, 0.2) is 0 Å². The second-order valence-corrected chi connectivity index (χ2v) is 6.82. The predicted molar refractivity (Wildman–Crippen MR) is 83.7 cm³/mol. The summed E-state index contributed by atoms with van der Waals surface area (Å²) in [6, 6.07) is 0. The number of nitrogens with zero attached hydrogens (tertiary/aromatic N) is 1. The third-order valence-electron chi connectivity index (χ3n) is 5.42. The van der Waals surface area contributed by atoms with Gasteiger partial charge in [0.1, 0.15) is 0 Å². The van der Waals surface area contributed by atoms with Crippen molar-refractivity contribution in [3.63, 3.8) is 0 Å². The zero-order valence-electron chi connectivity index (χ0n) is 13.6. The van der Waals surface area contributed by atoms with E-state index in [1.54, 1.807) is 6.92 Å². The van der Waals surface area contributed by atoms with Crippen LogP contribution in [0, 0.1) is 17.8 Å². The molecule has 120 valence electrons. The van der Waals surface area contributed by atoms with E-state index in [2.05, 4.69) is 12.2 Å². The number of likely N-dealkylation sites (tertiary alicyclic amines) is 1. The van der Waals surface area contributed by atoms with Crippen LogP contribution in [-0.2, 0) is 9.59 Å². The zero-order valence-corrected chi connectivity index (χ0v) is 13.6. The van der Waals surface area contributed by atoms with Gasteiger partial charge in [-0.25, -0.2) is 0 Å². The first-order chi connectivity index (χ1) is 10.1. The maximum Gasteiger partial charge on any atom is 0.223 e. The quantitative estimate of drug-likeness (QED) is 0.866. The molecule has 0 radical (unpaired) electrons. The highest BCUT2D eigenvalue weighted by Crippen LogP contribution is 2.30. The molecule has 2 aliphatic rings. The van der Waals surface area contributed by atoms with Gasteiger partial charge in [-0.15, -0.1) is 0 Å². The first kappa shape index (κ1) is 16.3. The third-order valence-corrected chi connectivity index (χ3v) is 5.42. The second-order valence-electron chi connectivity index (χ2n) is 6.82. The Morgan fingerprint density at radius 3 is 2.10 bits per heavy atom. The molecular formula is C17H30N2O2. The van der Waals surface area contributed by atoms with Gasteiger partial charge >= 0.3 is 0 Å². The van der Waals surface area contributed by atoms with Crippen molar-refractivity contribution in [2.45, 2.75) is 58.8 Å². The van der Waals surface area contributed by atoms with Gasteiger partial charge in [-0.1, -0.05) is 26.2 Å². The minimum Gasteiger partial charge on any atom is -0.356 e. The Bertz CT molecular complexity index is 354. The van der Waals surface area contributed by atoms with Gasteiger partial charge in [-0.3, -0.25) is 9.59 Å². The summed E-state index contributed by atoms with van der Waals surface area (Å²) < 4.78 is 0. The maximum atomic E-state index is 12.2. The van der Waals surface area contributed by atoms with Crippen LogP contribution in [0.1, 0.15) is 58.8 Å². The van der Waals surface area contributed by atoms with Crippen LogP contribution < -0.4 is 5.32 Å². The van der Waals surface area contributed by atoms with E-state index in [0.717, 1.165) is 38.4 Å². The summed E-state index contributed by atoms with van der Waals surface area (Å²) in [6.07, 6.45) is 8.11. The number of nitrogens with one attached hydrogen (secondary N) is 1. The SMILES string of the molecule is CCC1CCC(CNC(=O)C2CCN(C(C)=O)CC2)CC1. The molecule has 0 spiro atoms. The Morgan fingerprint density at radius 2 is 1.57 bits per heavy atom. The molecule has 1 heterocycles. The van der Waals surface area contributed by atoms with E-state index >= 15 is 0 Å². The van der Waals surface area contributed by atoms with E-state index in [1.807, 2.05) is 4.90 Å². The highest BCUT2D eigenvalue weighted by Gasteiger charge is 2.27. The molecule has 1 aliphatic carbocycles. The van der Waals surface area contributed by atoms with Crippen molar-refractivity contribution in [1.82, 2.24) is 10.2 Å². The fourth-order valence-corrected chi connectivity index (χ4v) is 3.69. The molecule has 1 saturated carbocycles. The van der Waals surface area contributed by atoms with Gasteiger partial charge in [0.25, 0.3) is 0 Å². The fraction of sp³-hybridized carbons (Fsp3) is 0.882. The van der Waals surface area contributed by atoms with Gasteiger partial charge in [0.05, 0.1) is 0 Å². The minimum atomic E-state index is 0.104. The van der Waals surface area contributed by atoms with Crippen LogP contribution in [0.3, 0.4) is 0 Å². The average Bonchev–Trinajstić information content (AvgIpc) is 2.53. The molecule has 1 saturated heterocycles. The topological polar surface area (TPSA) is 49.4 Å². The molecular weight excluding hydrogens is 264 g/mol. The van der Waals surface area contributed by atoms with Crippen molar-refractivity contribution in [3.8, 4) is 0 Å². The number of piperidine rings is 1. The predicted octanol–water partition coefficient (Wildman–Crippen LogP) is 2.58.